The Morgan fingerprint density at radius 3 is 2.78 bits per heavy atom. The number of thiazole rings is 1. The lowest BCUT2D eigenvalue weighted by Gasteiger charge is -2.34. The van der Waals surface area contributed by atoms with Crippen LogP contribution in [0.2, 0.25) is 0 Å². The van der Waals surface area contributed by atoms with Crippen molar-refractivity contribution in [2.24, 2.45) is 5.92 Å². The van der Waals surface area contributed by atoms with Crippen molar-refractivity contribution in [3.8, 4) is 10.6 Å². The molecule has 144 valence electrons. The number of piperidine rings is 1. The summed E-state index contributed by atoms with van der Waals surface area (Å²) in [4.78, 5) is 38.8. The molecule has 2 amide bonds. The highest BCUT2D eigenvalue weighted by Crippen LogP contribution is 2.29. The number of hydrogen-bond acceptors (Lipinski definition) is 5. The molecule has 2 aromatic heterocycles. The van der Waals surface area contributed by atoms with E-state index in [-0.39, 0.29) is 17.7 Å². The van der Waals surface area contributed by atoms with Gasteiger partial charge in [-0.3, -0.25) is 14.6 Å². The zero-order chi connectivity index (χ0) is 19.4. The number of rotatable bonds is 5. The zero-order valence-electron chi connectivity index (χ0n) is 16.1. The van der Waals surface area contributed by atoms with E-state index < -0.39 is 0 Å². The molecular weight excluding hydrogens is 360 g/mol. The Balaban J connectivity index is 1.76. The van der Waals surface area contributed by atoms with Gasteiger partial charge in [-0.25, -0.2) is 4.98 Å². The van der Waals surface area contributed by atoms with E-state index in [2.05, 4.69) is 9.97 Å². The van der Waals surface area contributed by atoms with Crippen LogP contribution in [0.15, 0.2) is 24.5 Å². The van der Waals surface area contributed by atoms with Gasteiger partial charge in [0.05, 0.1) is 11.6 Å². The van der Waals surface area contributed by atoms with E-state index >= 15 is 0 Å². The van der Waals surface area contributed by atoms with Crippen molar-refractivity contribution in [2.75, 3.05) is 26.2 Å². The van der Waals surface area contributed by atoms with Gasteiger partial charge in [-0.05, 0) is 45.7 Å². The molecule has 1 unspecified atom stereocenters. The number of aromatic nitrogens is 2. The van der Waals surface area contributed by atoms with Crippen molar-refractivity contribution in [3.63, 3.8) is 0 Å². The molecule has 1 aliphatic rings. The van der Waals surface area contributed by atoms with Crippen LogP contribution in [0.3, 0.4) is 0 Å². The molecule has 1 fully saturated rings. The monoisotopic (exact) mass is 386 g/mol. The van der Waals surface area contributed by atoms with Crippen LogP contribution in [0.25, 0.3) is 10.6 Å². The van der Waals surface area contributed by atoms with Crippen LogP contribution in [0.4, 0.5) is 0 Å². The van der Waals surface area contributed by atoms with Gasteiger partial charge in [0.1, 0.15) is 9.88 Å². The topological polar surface area (TPSA) is 66.4 Å². The van der Waals surface area contributed by atoms with Crippen LogP contribution in [0.1, 0.15) is 42.1 Å². The van der Waals surface area contributed by atoms with E-state index in [1.807, 2.05) is 42.7 Å². The number of aryl methyl sites for hydroxylation is 1. The van der Waals surface area contributed by atoms with Gasteiger partial charge in [0.2, 0.25) is 5.91 Å². The first-order valence-corrected chi connectivity index (χ1v) is 10.3. The van der Waals surface area contributed by atoms with Gasteiger partial charge in [0.15, 0.2) is 0 Å². The maximum atomic E-state index is 13.1. The Bertz CT molecular complexity index is 802. The lowest BCUT2D eigenvalue weighted by molar-refractivity contribution is -0.136. The first kappa shape index (κ1) is 19.5. The van der Waals surface area contributed by atoms with Crippen molar-refractivity contribution in [3.05, 3.63) is 35.1 Å². The van der Waals surface area contributed by atoms with Crippen LogP contribution in [-0.2, 0) is 4.79 Å². The molecule has 0 bridgehead atoms. The number of pyridine rings is 1. The van der Waals surface area contributed by atoms with E-state index in [1.165, 1.54) is 11.3 Å². The minimum atomic E-state index is -0.103. The van der Waals surface area contributed by atoms with Crippen LogP contribution in [0, 0.1) is 12.8 Å². The van der Waals surface area contributed by atoms with E-state index in [9.17, 15) is 9.59 Å². The van der Waals surface area contributed by atoms with Gasteiger partial charge in [0, 0.05) is 44.1 Å². The normalized spacial score (nSPS) is 17.0. The summed E-state index contributed by atoms with van der Waals surface area (Å²) >= 11 is 1.40. The number of likely N-dealkylation sites (tertiary alicyclic amines) is 1. The van der Waals surface area contributed by atoms with Gasteiger partial charge >= 0.3 is 0 Å². The maximum absolute atomic E-state index is 13.1. The molecule has 6 nitrogen and oxygen atoms in total. The van der Waals surface area contributed by atoms with Crippen molar-refractivity contribution in [2.45, 2.75) is 33.6 Å². The Hall–Kier alpha value is -2.28. The number of carbonyl (C=O) groups is 2. The minimum Gasteiger partial charge on any atom is -0.343 e. The summed E-state index contributed by atoms with van der Waals surface area (Å²) in [6, 6.07) is 3.81. The van der Waals surface area contributed by atoms with Gasteiger partial charge in [-0.1, -0.05) is 0 Å². The van der Waals surface area contributed by atoms with Crippen molar-refractivity contribution in [1.29, 1.82) is 0 Å². The molecule has 27 heavy (non-hydrogen) atoms. The summed E-state index contributed by atoms with van der Waals surface area (Å²) in [6.45, 7) is 8.46. The quantitative estimate of drug-likeness (QED) is 0.791. The third-order valence-corrected chi connectivity index (χ3v) is 6.23. The number of amides is 2. The molecular formula is C20H26N4O2S. The summed E-state index contributed by atoms with van der Waals surface area (Å²) in [5.41, 5.74) is 1.65. The molecule has 3 rings (SSSR count). The fourth-order valence-electron chi connectivity index (χ4n) is 3.51. The van der Waals surface area contributed by atoms with Crippen LogP contribution >= 0.6 is 11.3 Å². The highest BCUT2D eigenvalue weighted by atomic mass is 32.1. The van der Waals surface area contributed by atoms with E-state index in [1.54, 1.807) is 12.4 Å². The average Bonchev–Trinajstić information content (AvgIpc) is 3.10. The smallest absolute Gasteiger partial charge is 0.265 e. The molecule has 0 spiro atoms. The zero-order valence-corrected chi connectivity index (χ0v) is 17.0. The third kappa shape index (κ3) is 4.18. The summed E-state index contributed by atoms with van der Waals surface area (Å²) in [7, 11) is 0. The summed E-state index contributed by atoms with van der Waals surface area (Å²) in [5, 5.41) is 0.803. The van der Waals surface area contributed by atoms with E-state index in [4.69, 9.17) is 0 Å². The van der Waals surface area contributed by atoms with E-state index in [0.717, 1.165) is 29.1 Å². The highest BCUT2D eigenvalue weighted by Gasteiger charge is 2.32. The molecule has 0 aliphatic carbocycles. The molecule has 7 heteroatoms. The fourth-order valence-corrected chi connectivity index (χ4v) is 4.53. The molecule has 0 radical (unpaired) electrons. The maximum Gasteiger partial charge on any atom is 0.265 e. The highest BCUT2D eigenvalue weighted by molar-refractivity contribution is 7.17. The van der Waals surface area contributed by atoms with Crippen LogP contribution in [-0.4, -0.2) is 57.8 Å². The molecule has 0 aromatic carbocycles. The predicted molar refractivity (Wildman–Crippen MR) is 107 cm³/mol. The van der Waals surface area contributed by atoms with Crippen molar-refractivity contribution in [1.82, 2.24) is 19.8 Å². The Morgan fingerprint density at radius 2 is 2.11 bits per heavy atom. The fraction of sp³-hybridized carbons (Fsp3) is 0.500. The average molecular weight is 387 g/mol. The molecule has 1 aliphatic heterocycles. The molecule has 0 N–H and O–H groups in total. The van der Waals surface area contributed by atoms with Crippen molar-refractivity contribution < 1.29 is 9.59 Å². The predicted octanol–water partition coefficient (Wildman–Crippen LogP) is 3.23. The Labute approximate surface area is 164 Å². The summed E-state index contributed by atoms with van der Waals surface area (Å²) < 4.78 is 0. The lowest BCUT2D eigenvalue weighted by Crippen LogP contribution is -2.46. The SMILES string of the molecule is CCN(CC)C(=O)C1CCCN(C(=O)c2sc(-c3cccnc3)nc2C)C1. The van der Waals surface area contributed by atoms with Crippen molar-refractivity contribution >= 4 is 23.2 Å². The largest absolute Gasteiger partial charge is 0.343 e. The van der Waals surface area contributed by atoms with Crippen LogP contribution in [0.5, 0.6) is 0 Å². The standard InChI is InChI=1S/C20H26N4O2S/c1-4-23(5-2)19(25)16-9-7-11-24(13-16)20(26)17-14(3)22-18(27-17)15-8-6-10-21-12-15/h6,8,10,12,16H,4-5,7,9,11,13H2,1-3H3. The molecule has 1 saturated heterocycles. The Morgan fingerprint density at radius 1 is 1.33 bits per heavy atom. The van der Waals surface area contributed by atoms with Crippen LogP contribution < -0.4 is 0 Å². The Kier molecular flexibility index (Phi) is 6.21. The van der Waals surface area contributed by atoms with E-state index in [0.29, 0.717) is 31.1 Å². The van der Waals surface area contributed by atoms with Gasteiger partial charge in [-0.15, -0.1) is 11.3 Å². The van der Waals surface area contributed by atoms with Gasteiger partial charge < -0.3 is 9.80 Å². The number of hydrogen-bond donors (Lipinski definition) is 0. The summed E-state index contributed by atoms with van der Waals surface area (Å²) in [6.07, 6.45) is 5.18. The summed E-state index contributed by atoms with van der Waals surface area (Å²) in [5.74, 6) is 0.0420. The third-order valence-electron chi connectivity index (χ3n) is 5.03. The molecule has 0 saturated carbocycles. The second-order valence-electron chi connectivity index (χ2n) is 6.78. The first-order chi connectivity index (χ1) is 13.0. The number of carbonyl (C=O) groups excluding carboxylic acids is 2. The van der Waals surface area contributed by atoms with Gasteiger partial charge in [-0.2, -0.15) is 0 Å². The van der Waals surface area contributed by atoms with Gasteiger partial charge in [0.25, 0.3) is 5.91 Å². The lowest BCUT2D eigenvalue weighted by atomic mass is 9.96. The number of nitrogens with zero attached hydrogens (tertiary/aromatic N) is 4. The second kappa shape index (κ2) is 8.61. The molecule has 3 heterocycles. The molecule has 2 aromatic rings. The first-order valence-electron chi connectivity index (χ1n) is 9.51. The minimum absolute atomic E-state index is 0.0165. The second-order valence-corrected chi connectivity index (χ2v) is 7.78. The molecule has 1 atom stereocenters.